The minimum atomic E-state index is -0.436. The lowest BCUT2D eigenvalue weighted by Gasteiger charge is -2.14. The van der Waals surface area contributed by atoms with E-state index in [0.717, 1.165) is 12.2 Å². The third-order valence-corrected chi connectivity index (χ3v) is 2.96. The van der Waals surface area contributed by atoms with Gasteiger partial charge in [-0.25, -0.2) is 0 Å². The van der Waals surface area contributed by atoms with Crippen molar-refractivity contribution >= 4 is 28.8 Å². The van der Waals surface area contributed by atoms with Gasteiger partial charge in [-0.2, -0.15) is 11.8 Å². The van der Waals surface area contributed by atoms with Crippen LogP contribution in [0.1, 0.15) is 13.3 Å². The predicted molar refractivity (Wildman–Crippen MR) is 73.6 cm³/mol. The molecule has 5 nitrogen and oxygen atoms in total. The van der Waals surface area contributed by atoms with Gasteiger partial charge in [0, 0.05) is 29.5 Å². The van der Waals surface area contributed by atoms with E-state index in [0.29, 0.717) is 11.4 Å². The number of anilines is 2. The molecule has 0 spiro atoms. The first kappa shape index (κ1) is 13.6. The van der Waals surface area contributed by atoms with E-state index >= 15 is 0 Å². The first-order valence-electron chi connectivity index (χ1n) is 5.33. The number of thioether (sulfide) groups is 1. The summed E-state index contributed by atoms with van der Waals surface area (Å²) in [6.45, 7) is 2.05. The van der Waals surface area contributed by atoms with Crippen molar-refractivity contribution in [3.05, 3.63) is 28.3 Å². The monoisotopic (exact) mass is 255 g/mol. The van der Waals surface area contributed by atoms with Crippen LogP contribution in [0.4, 0.5) is 17.1 Å². The molecule has 0 saturated heterocycles. The Bertz CT molecular complexity index is 398. The number of rotatable bonds is 6. The summed E-state index contributed by atoms with van der Waals surface area (Å²) < 4.78 is 0. The summed E-state index contributed by atoms with van der Waals surface area (Å²) in [6.07, 6.45) is 3.06. The van der Waals surface area contributed by atoms with Gasteiger partial charge in [-0.3, -0.25) is 10.1 Å². The number of hydrogen-bond acceptors (Lipinski definition) is 5. The highest BCUT2D eigenvalue weighted by atomic mass is 32.2. The van der Waals surface area contributed by atoms with Crippen molar-refractivity contribution in [3.63, 3.8) is 0 Å². The molecule has 0 aliphatic carbocycles. The molecule has 0 heterocycles. The van der Waals surface area contributed by atoms with Crippen LogP contribution in [-0.4, -0.2) is 23.0 Å². The van der Waals surface area contributed by atoms with Crippen LogP contribution in [0, 0.1) is 10.1 Å². The number of non-ortho nitro benzene ring substituents is 1. The molecule has 1 aromatic rings. The van der Waals surface area contributed by atoms with Gasteiger partial charge in [0.15, 0.2) is 0 Å². The van der Waals surface area contributed by atoms with Crippen molar-refractivity contribution in [2.24, 2.45) is 0 Å². The lowest BCUT2D eigenvalue weighted by Crippen LogP contribution is -2.16. The van der Waals surface area contributed by atoms with Crippen molar-refractivity contribution in [1.82, 2.24) is 0 Å². The molecule has 0 aliphatic rings. The van der Waals surface area contributed by atoms with Crippen LogP contribution in [0.2, 0.25) is 0 Å². The Labute approximate surface area is 105 Å². The van der Waals surface area contributed by atoms with E-state index in [1.54, 1.807) is 17.8 Å². The first-order chi connectivity index (χ1) is 8.02. The molecule has 1 rings (SSSR count). The minimum absolute atomic E-state index is 0.0181. The molecule has 6 heteroatoms. The van der Waals surface area contributed by atoms with E-state index in [1.807, 2.05) is 6.92 Å². The number of nitrogens with one attached hydrogen (secondary N) is 1. The Balaban J connectivity index is 2.73. The van der Waals surface area contributed by atoms with Crippen molar-refractivity contribution < 1.29 is 4.92 Å². The topological polar surface area (TPSA) is 81.2 Å². The summed E-state index contributed by atoms with van der Waals surface area (Å²) in [5.74, 6) is 1.05. The molecule has 0 radical (unpaired) electrons. The summed E-state index contributed by atoms with van der Waals surface area (Å²) in [5, 5.41) is 13.9. The quantitative estimate of drug-likeness (QED) is 0.464. The Kier molecular flexibility index (Phi) is 5.09. The van der Waals surface area contributed by atoms with Crippen LogP contribution < -0.4 is 11.1 Å². The normalized spacial score (nSPS) is 12.1. The van der Waals surface area contributed by atoms with E-state index in [1.165, 1.54) is 12.1 Å². The van der Waals surface area contributed by atoms with Crippen molar-refractivity contribution in [3.8, 4) is 0 Å². The number of nitrogens with two attached hydrogens (primary N) is 1. The van der Waals surface area contributed by atoms with Crippen LogP contribution in [0.25, 0.3) is 0 Å². The summed E-state index contributed by atoms with van der Waals surface area (Å²) in [5.41, 5.74) is 6.74. The number of hydrogen-bond donors (Lipinski definition) is 2. The zero-order chi connectivity index (χ0) is 12.8. The first-order valence-corrected chi connectivity index (χ1v) is 6.72. The average Bonchev–Trinajstić information content (AvgIpc) is 2.25. The van der Waals surface area contributed by atoms with Gasteiger partial charge in [-0.1, -0.05) is 0 Å². The van der Waals surface area contributed by atoms with E-state index in [-0.39, 0.29) is 11.7 Å². The molecule has 0 amide bonds. The van der Waals surface area contributed by atoms with Gasteiger partial charge in [0.05, 0.1) is 4.92 Å². The molecule has 0 aliphatic heterocycles. The Morgan fingerprint density at radius 2 is 2.24 bits per heavy atom. The summed E-state index contributed by atoms with van der Waals surface area (Å²) >= 11 is 1.78. The molecule has 1 unspecified atom stereocenters. The third-order valence-electron chi connectivity index (χ3n) is 2.32. The summed E-state index contributed by atoms with van der Waals surface area (Å²) in [7, 11) is 0. The van der Waals surface area contributed by atoms with Crippen LogP contribution >= 0.6 is 11.8 Å². The zero-order valence-electron chi connectivity index (χ0n) is 9.97. The van der Waals surface area contributed by atoms with Gasteiger partial charge in [-0.15, -0.1) is 0 Å². The molecular weight excluding hydrogens is 238 g/mol. The average molecular weight is 255 g/mol. The number of benzene rings is 1. The highest BCUT2D eigenvalue weighted by molar-refractivity contribution is 7.98. The highest BCUT2D eigenvalue weighted by Gasteiger charge is 2.09. The molecule has 17 heavy (non-hydrogen) atoms. The number of nitro benzene ring substituents is 1. The maximum absolute atomic E-state index is 10.7. The van der Waals surface area contributed by atoms with E-state index in [2.05, 4.69) is 11.6 Å². The maximum atomic E-state index is 10.7. The fourth-order valence-corrected chi connectivity index (χ4v) is 2.06. The van der Waals surface area contributed by atoms with Gasteiger partial charge in [0.1, 0.15) is 0 Å². The van der Waals surface area contributed by atoms with Crippen LogP contribution in [0.3, 0.4) is 0 Å². The van der Waals surface area contributed by atoms with Crippen LogP contribution in [0.15, 0.2) is 18.2 Å². The number of nitrogens with zero attached hydrogens (tertiary/aromatic N) is 1. The zero-order valence-corrected chi connectivity index (χ0v) is 10.8. The molecule has 0 bridgehead atoms. The Morgan fingerprint density at radius 1 is 1.53 bits per heavy atom. The van der Waals surface area contributed by atoms with E-state index in [9.17, 15) is 10.1 Å². The van der Waals surface area contributed by atoms with E-state index in [4.69, 9.17) is 5.73 Å². The molecular formula is C11H17N3O2S. The van der Waals surface area contributed by atoms with Gasteiger partial charge in [0.2, 0.25) is 0 Å². The minimum Gasteiger partial charge on any atom is -0.398 e. The Hall–Kier alpha value is -1.43. The van der Waals surface area contributed by atoms with Crippen molar-refractivity contribution in [1.29, 1.82) is 0 Å². The second-order valence-electron chi connectivity index (χ2n) is 3.90. The SMILES string of the molecule is CSCCC(C)Nc1cc(N)cc([N+](=O)[O-])c1. The molecule has 3 N–H and O–H groups in total. The fraction of sp³-hybridized carbons (Fsp3) is 0.455. The molecule has 0 fully saturated rings. The lowest BCUT2D eigenvalue weighted by molar-refractivity contribution is -0.384. The van der Waals surface area contributed by atoms with Crippen LogP contribution in [0.5, 0.6) is 0 Å². The molecule has 0 aromatic heterocycles. The second-order valence-corrected chi connectivity index (χ2v) is 4.88. The molecule has 1 atom stereocenters. The van der Waals surface area contributed by atoms with Gasteiger partial charge >= 0.3 is 0 Å². The van der Waals surface area contributed by atoms with Crippen molar-refractivity contribution in [2.45, 2.75) is 19.4 Å². The molecule has 1 aromatic carbocycles. The van der Waals surface area contributed by atoms with Crippen LogP contribution in [-0.2, 0) is 0 Å². The fourth-order valence-electron chi connectivity index (χ4n) is 1.47. The predicted octanol–water partition coefficient (Wildman–Crippen LogP) is 2.73. The third kappa shape index (κ3) is 4.52. The molecule has 94 valence electrons. The summed E-state index contributed by atoms with van der Waals surface area (Å²) in [6, 6.07) is 4.84. The largest absolute Gasteiger partial charge is 0.398 e. The van der Waals surface area contributed by atoms with Crippen molar-refractivity contribution in [2.75, 3.05) is 23.1 Å². The van der Waals surface area contributed by atoms with E-state index < -0.39 is 4.92 Å². The number of nitro groups is 1. The highest BCUT2D eigenvalue weighted by Crippen LogP contribution is 2.23. The second kappa shape index (κ2) is 6.34. The Morgan fingerprint density at radius 3 is 2.82 bits per heavy atom. The lowest BCUT2D eigenvalue weighted by atomic mass is 10.2. The van der Waals surface area contributed by atoms with Gasteiger partial charge in [-0.05, 0) is 31.4 Å². The summed E-state index contributed by atoms with van der Waals surface area (Å²) in [4.78, 5) is 10.2. The molecule has 0 saturated carbocycles. The van der Waals surface area contributed by atoms with Gasteiger partial charge < -0.3 is 11.1 Å². The van der Waals surface area contributed by atoms with Gasteiger partial charge in [0.25, 0.3) is 5.69 Å². The number of nitrogen functional groups attached to an aromatic ring is 1. The standard InChI is InChI=1S/C11H17N3O2S/c1-8(3-4-17-2)13-10-5-9(12)6-11(7-10)14(15)16/h5-8,13H,3-4,12H2,1-2H3. The maximum Gasteiger partial charge on any atom is 0.273 e. The smallest absolute Gasteiger partial charge is 0.273 e.